The van der Waals surface area contributed by atoms with Gasteiger partial charge < -0.3 is 33.8 Å². The van der Waals surface area contributed by atoms with Crippen LogP contribution in [0.3, 0.4) is 0 Å². The van der Waals surface area contributed by atoms with Crippen LogP contribution in [-0.2, 0) is 17.8 Å². The van der Waals surface area contributed by atoms with Gasteiger partial charge in [0.2, 0.25) is 11.7 Å². The first-order valence-corrected chi connectivity index (χ1v) is 11.8. The monoisotopic (exact) mass is 505 g/mol. The zero-order valence-electron chi connectivity index (χ0n) is 21.6. The van der Waals surface area contributed by atoms with Gasteiger partial charge in [0.05, 0.1) is 47.7 Å². The third-order valence-corrected chi connectivity index (χ3v) is 6.45. The Morgan fingerprint density at radius 2 is 1.57 bits per heavy atom. The maximum absolute atomic E-state index is 12.9. The van der Waals surface area contributed by atoms with Crippen LogP contribution in [0.5, 0.6) is 28.7 Å². The molecule has 2 aromatic carbocycles. The molecule has 1 aromatic heterocycles. The van der Waals surface area contributed by atoms with Crippen molar-refractivity contribution in [2.45, 2.75) is 26.3 Å². The van der Waals surface area contributed by atoms with Crippen molar-refractivity contribution in [3.63, 3.8) is 0 Å². The van der Waals surface area contributed by atoms with Gasteiger partial charge in [-0.25, -0.2) is 0 Å². The van der Waals surface area contributed by atoms with Gasteiger partial charge in [-0.2, -0.15) is 0 Å². The van der Waals surface area contributed by atoms with Crippen LogP contribution in [0, 0.1) is 0 Å². The minimum absolute atomic E-state index is 0.0385. The summed E-state index contributed by atoms with van der Waals surface area (Å²) in [5.41, 5.74) is 5.70. The van der Waals surface area contributed by atoms with Crippen LogP contribution in [-0.4, -0.2) is 39.5 Å². The molecule has 0 unspecified atom stereocenters. The summed E-state index contributed by atoms with van der Waals surface area (Å²) in [7, 11) is 6.19. The largest absolute Gasteiger partial charge is 0.502 e. The molecule has 4 rings (SSSR count). The second-order valence-electron chi connectivity index (χ2n) is 8.56. The van der Waals surface area contributed by atoms with Crippen molar-refractivity contribution >= 4 is 17.1 Å². The first-order valence-electron chi connectivity index (χ1n) is 11.8. The van der Waals surface area contributed by atoms with Crippen LogP contribution in [0.4, 0.5) is 0 Å². The number of amides is 1. The van der Waals surface area contributed by atoms with E-state index in [1.165, 1.54) is 14.2 Å². The van der Waals surface area contributed by atoms with Gasteiger partial charge in [-0.05, 0) is 83.2 Å². The number of phenolic OH excluding ortho intramolecular Hbond substituents is 1. The Bertz CT molecular complexity index is 1330. The van der Waals surface area contributed by atoms with Gasteiger partial charge in [0.25, 0.3) is 0 Å². The highest BCUT2D eigenvalue weighted by Gasteiger charge is 2.27. The third kappa shape index (κ3) is 5.28. The summed E-state index contributed by atoms with van der Waals surface area (Å²) in [6, 6.07) is 11.0. The number of benzene rings is 2. The van der Waals surface area contributed by atoms with Crippen LogP contribution >= 0.6 is 0 Å². The Morgan fingerprint density at radius 1 is 0.946 bits per heavy atom. The molecule has 0 spiro atoms. The van der Waals surface area contributed by atoms with Gasteiger partial charge in [0.15, 0.2) is 23.0 Å². The summed E-state index contributed by atoms with van der Waals surface area (Å²) in [6.45, 7) is 2.34. The number of phenols is 1. The fourth-order valence-electron chi connectivity index (χ4n) is 4.52. The molecule has 1 aliphatic rings. The van der Waals surface area contributed by atoms with E-state index in [1.807, 2.05) is 25.1 Å². The normalized spacial score (nSPS) is 13.5. The molecule has 0 saturated heterocycles. The molecule has 1 heterocycles. The molecule has 2 N–H and O–H groups in total. The molecule has 3 aromatic rings. The Kier molecular flexibility index (Phi) is 7.77. The third-order valence-electron chi connectivity index (χ3n) is 6.45. The average Bonchev–Trinajstić information content (AvgIpc) is 3.52. The molecule has 8 heteroatoms. The Balaban J connectivity index is 1.69. The summed E-state index contributed by atoms with van der Waals surface area (Å²) in [6.07, 6.45) is 4.43. The Hall–Kier alpha value is -4.33. The van der Waals surface area contributed by atoms with Crippen molar-refractivity contribution in [2.75, 3.05) is 28.4 Å². The van der Waals surface area contributed by atoms with Crippen LogP contribution in [0.1, 0.15) is 35.8 Å². The number of fused-ring (bicyclic) bond motifs is 1. The molecule has 0 atom stereocenters. The highest BCUT2D eigenvalue weighted by Crippen LogP contribution is 2.47. The summed E-state index contributed by atoms with van der Waals surface area (Å²) in [5.74, 6) is 2.43. The second kappa shape index (κ2) is 11.2. The van der Waals surface area contributed by atoms with E-state index in [0.717, 1.165) is 33.4 Å². The summed E-state index contributed by atoms with van der Waals surface area (Å²) < 4.78 is 27.0. The van der Waals surface area contributed by atoms with Crippen molar-refractivity contribution in [2.24, 2.45) is 0 Å². The van der Waals surface area contributed by atoms with Crippen LogP contribution in [0.2, 0.25) is 0 Å². The van der Waals surface area contributed by atoms with Crippen LogP contribution < -0.4 is 24.3 Å². The predicted octanol–water partition coefficient (Wildman–Crippen LogP) is 5.14. The van der Waals surface area contributed by atoms with Gasteiger partial charge in [0.1, 0.15) is 5.76 Å². The molecular formula is C29H31NO7. The van der Waals surface area contributed by atoms with E-state index in [1.54, 1.807) is 38.7 Å². The first-order chi connectivity index (χ1) is 17.9. The smallest absolute Gasteiger partial charge is 0.224 e. The van der Waals surface area contributed by atoms with E-state index in [9.17, 15) is 9.90 Å². The number of carbonyl (C=O) groups excluding carboxylic acids is 1. The molecule has 0 aliphatic heterocycles. The minimum atomic E-state index is -0.110. The van der Waals surface area contributed by atoms with Crippen LogP contribution in [0.15, 0.2) is 58.7 Å². The lowest BCUT2D eigenvalue weighted by molar-refractivity contribution is -0.120. The average molecular weight is 506 g/mol. The fourth-order valence-corrected chi connectivity index (χ4v) is 4.52. The standard InChI is InChI=1S/C29H31NO7/c1-17-20(9-8-18-11-26(35-4)29(32)27(12-18)36-5)22-13-24(33-2)25(34-3)14-23(22)21(17)15-28(31)30-16-19-7-6-10-37-19/h6-7,9-14,32H,8,15-16H2,1-5H3,(H,30,31)/b20-9-. The summed E-state index contributed by atoms with van der Waals surface area (Å²) in [5, 5.41) is 13.2. The fraction of sp³-hybridized carbons (Fsp3) is 0.276. The van der Waals surface area contributed by atoms with Crippen molar-refractivity contribution in [3.05, 3.63) is 76.8 Å². The SMILES string of the molecule is COc1cc2c(cc1OC)/C(=C\Cc1cc(OC)c(O)c(OC)c1)C(C)=C2CC(=O)NCc1ccco1. The molecule has 0 fully saturated rings. The number of ether oxygens (including phenoxy) is 4. The number of furan rings is 1. The molecular weight excluding hydrogens is 474 g/mol. The van der Waals surface area contributed by atoms with E-state index < -0.39 is 0 Å². The van der Waals surface area contributed by atoms with Gasteiger partial charge in [-0.15, -0.1) is 0 Å². The van der Waals surface area contributed by atoms with Crippen LogP contribution in [0.25, 0.3) is 11.1 Å². The molecule has 1 aliphatic carbocycles. The maximum Gasteiger partial charge on any atom is 0.224 e. The minimum Gasteiger partial charge on any atom is -0.502 e. The second-order valence-corrected chi connectivity index (χ2v) is 8.56. The molecule has 0 radical (unpaired) electrons. The molecule has 8 nitrogen and oxygen atoms in total. The lowest BCUT2D eigenvalue weighted by atomic mass is 9.99. The maximum atomic E-state index is 12.9. The number of allylic oxidation sites excluding steroid dienone is 3. The van der Waals surface area contributed by atoms with Gasteiger partial charge >= 0.3 is 0 Å². The number of hydrogen-bond acceptors (Lipinski definition) is 7. The number of rotatable bonds is 10. The number of aromatic hydroxyl groups is 1. The highest BCUT2D eigenvalue weighted by molar-refractivity contribution is 6.04. The lowest BCUT2D eigenvalue weighted by Gasteiger charge is -2.13. The summed E-state index contributed by atoms with van der Waals surface area (Å²) >= 11 is 0. The molecule has 194 valence electrons. The topological polar surface area (TPSA) is 99.4 Å². The molecule has 0 bridgehead atoms. The summed E-state index contributed by atoms with van der Waals surface area (Å²) in [4.78, 5) is 12.9. The van der Waals surface area contributed by atoms with E-state index in [0.29, 0.717) is 41.7 Å². The van der Waals surface area contributed by atoms with Crippen molar-refractivity contribution in [3.8, 4) is 28.7 Å². The van der Waals surface area contributed by atoms with Gasteiger partial charge in [0, 0.05) is 0 Å². The Morgan fingerprint density at radius 3 is 2.14 bits per heavy atom. The quantitative estimate of drug-likeness (QED) is 0.394. The van der Waals surface area contributed by atoms with E-state index in [4.69, 9.17) is 23.4 Å². The number of nitrogens with one attached hydrogen (secondary N) is 1. The number of hydrogen-bond donors (Lipinski definition) is 2. The predicted molar refractivity (Wildman–Crippen MR) is 140 cm³/mol. The zero-order chi connectivity index (χ0) is 26.5. The van der Waals surface area contributed by atoms with Gasteiger partial charge in [-0.1, -0.05) is 6.08 Å². The number of methoxy groups -OCH3 is 4. The van der Waals surface area contributed by atoms with Gasteiger partial charge in [-0.3, -0.25) is 4.79 Å². The molecule has 1 amide bonds. The van der Waals surface area contributed by atoms with E-state index >= 15 is 0 Å². The highest BCUT2D eigenvalue weighted by atomic mass is 16.5. The van der Waals surface area contributed by atoms with Crippen molar-refractivity contribution < 1.29 is 33.3 Å². The zero-order valence-corrected chi connectivity index (χ0v) is 21.6. The van der Waals surface area contributed by atoms with E-state index in [2.05, 4.69) is 11.4 Å². The lowest BCUT2D eigenvalue weighted by Crippen LogP contribution is -2.22. The number of carbonyl (C=O) groups is 1. The van der Waals surface area contributed by atoms with E-state index in [-0.39, 0.29) is 18.1 Å². The molecule has 0 saturated carbocycles. The van der Waals surface area contributed by atoms with Crippen molar-refractivity contribution in [1.29, 1.82) is 0 Å². The molecule has 37 heavy (non-hydrogen) atoms. The van der Waals surface area contributed by atoms with Crippen molar-refractivity contribution in [1.82, 2.24) is 5.32 Å². The first kappa shape index (κ1) is 25.8. The Labute approximate surface area is 216 Å².